The lowest BCUT2D eigenvalue weighted by Crippen LogP contribution is -2.37. The number of hydrogen-bond donors (Lipinski definition) is 1. The summed E-state index contributed by atoms with van der Waals surface area (Å²) in [5.41, 5.74) is 1.50. The molecule has 1 aromatic heterocycles. The molecule has 0 bridgehead atoms. The van der Waals surface area contributed by atoms with Gasteiger partial charge in [-0.25, -0.2) is 4.79 Å². The summed E-state index contributed by atoms with van der Waals surface area (Å²) in [6, 6.07) is 8.92. The fourth-order valence-corrected chi connectivity index (χ4v) is 3.56. The van der Waals surface area contributed by atoms with Gasteiger partial charge >= 0.3 is 5.63 Å². The number of rotatable bonds is 8. The molecular formula is C24H25NO6. The smallest absolute Gasteiger partial charge is 0.344 e. The molecule has 1 aliphatic heterocycles. The third-order valence-electron chi connectivity index (χ3n) is 5.07. The van der Waals surface area contributed by atoms with E-state index in [0.29, 0.717) is 60.7 Å². The van der Waals surface area contributed by atoms with E-state index in [-0.39, 0.29) is 12.2 Å². The van der Waals surface area contributed by atoms with Crippen LogP contribution in [-0.4, -0.2) is 49.3 Å². The molecule has 0 unspecified atom stereocenters. The minimum absolute atomic E-state index is 0.125. The molecule has 0 amide bonds. The van der Waals surface area contributed by atoms with E-state index in [2.05, 4.69) is 11.5 Å². The van der Waals surface area contributed by atoms with Gasteiger partial charge in [0.05, 0.1) is 25.0 Å². The Morgan fingerprint density at radius 1 is 1.29 bits per heavy atom. The Labute approximate surface area is 180 Å². The van der Waals surface area contributed by atoms with Crippen LogP contribution < -0.4 is 5.63 Å². The minimum Gasteiger partial charge on any atom is -0.515 e. The summed E-state index contributed by atoms with van der Waals surface area (Å²) < 4.78 is 16.1. The SMILES string of the molecule is C=CC(=C(OC=O)\C(=C\O)CN1CCOCC1)/C(=C\C)c1cc2ccccc2oc1=O. The van der Waals surface area contributed by atoms with Gasteiger partial charge in [0.15, 0.2) is 0 Å². The van der Waals surface area contributed by atoms with Crippen molar-refractivity contribution in [2.45, 2.75) is 6.92 Å². The predicted molar refractivity (Wildman–Crippen MR) is 118 cm³/mol. The number of para-hydroxylation sites is 1. The molecule has 2 aromatic rings. The number of aliphatic hydroxyl groups is 1. The lowest BCUT2D eigenvalue weighted by Gasteiger charge is -2.28. The van der Waals surface area contributed by atoms with Crippen molar-refractivity contribution >= 4 is 23.0 Å². The van der Waals surface area contributed by atoms with Crippen LogP contribution in [-0.2, 0) is 14.3 Å². The standard InChI is InChI=1S/C24H25NO6/c1-3-19(21-13-17-7-5-6-8-22(17)31-24(21)28)20(4-2)23(30-16-27)18(15-26)14-25-9-11-29-12-10-25/h3-8,13,15-16,26H,2,9-12,14H2,1H3/b18-15+,19-3+,23-20-. The van der Waals surface area contributed by atoms with Crippen LogP contribution in [0, 0.1) is 0 Å². The summed E-state index contributed by atoms with van der Waals surface area (Å²) in [5, 5.41) is 10.7. The quantitative estimate of drug-likeness (QED) is 0.300. The molecule has 1 aliphatic rings. The molecule has 2 heterocycles. The van der Waals surface area contributed by atoms with Crippen molar-refractivity contribution in [3.05, 3.63) is 88.2 Å². The zero-order chi connectivity index (χ0) is 22.2. The summed E-state index contributed by atoms with van der Waals surface area (Å²) in [6.07, 6.45) is 4.12. The lowest BCUT2D eigenvalue weighted by molar-refractivity contribution is -0.124. The van der Waals surface area contributed by atoms with Crippen LogP contribution in [0.5, 0.6) is 0 Å². The number of carbonyl (C=O) groups is 1. The normalized spacial score (nSPS) is 16.7. The maximum absolute atomic E-state index is 12.7. The van der Waals surface area contributed by atoms with Gasteiger partial charge in [0.25, 0.3) is 6.47 Å². The lowest BCUT2D eigenvalue weighted by atomic mass is 9.94. The Bertz CT molecular complexity index is 1100. The first-order chi connectivity index (χ1) is 15.1. The molecule has 0 spiro atoms. The second-order valence-electron chi connectivity index (χ2n) is 6.89. The van der Waals surface area contributed by atoms with Crippen molar-refractivity contribution in [1.82, 2.24) is 4.90 Å². The Morgan fingerprint density at radius 2 is 2.03 bits per heavy atom. The molecule has 31 heavy (non-hydrogen) atoms. The summed E-state index contributed by atoms with van der Waals surface area (Å²) >= 11 is 0. The molecular weight excluding hydrogens is 398 g/mol. The Kier molecular flexibility index (Phi) is 7.59. The molecule has 3 rings (SSSR count). The number of fused-ring (bicyclic) bond motifs is 1. The Morgan fingerprint density at radius 3 is 2.68 bits per heavy atom. The second-order valence-corrected chi connectivity index (χ2v) is 6.89. The molecule has 0 radical (unpaired) electrons. The molecule has 7 nitrogen and oxygen atoms in total. The Hall–Kier alpha value is -3.42. The van der Waals surface area contributed by atoms with E-state index in [4.69, 9.17) is 13.9 Å². The number of allylic oxidation sites excluding steroid dienone is 4. The fraction of sp³-hybridized carbons (Fsp3) is 0.250. The molecule has 0 saturated carbocycles. The van der Waals surface area contributed by atoms with Gasteiger partial charge in [0.1, 0.15) is 11.3 Å². The highest BCUT2D eigenvalue weighted by Crippen LogP contribution is 2.30. The van der Waals surface area contributed by atoms with Gasteiger partial charge in [0, 0.05) is 36.2 Å². The monoisotopic (exact) mass is 423 g/mol. The third kappa shape index (κ3) is 5.02. The predicted octanol–water partition coefficient (Wildman–Crippen LogP) is 3.58. The average molecular weight is 423 g/mol. The highest BCUT2D eigenvalue weighted by atomic mass is 16.5. The van der Waals surface area contributed by atoms with E-state index in [1.807, 2.05) is 12.1 Å². The van der Waals surface area contributed by atoms with Gasteiger partial charge in [-0.05, 0) is 24.6 Å². The molecule has 1 saturated heterocycles. The number of aliphatic hydroxyl groups excluding tert-OH is 1. The third-order valence-corrected chi connectivity index (χ3v) is 5.07. The van der Waals surface area contributed by atoms with Crippen molar-refractivity contribution in [2.75, 3.05) is 32.8 Å². The number of ether oxygens (including phenoxy) is 2. The zero-order valence-corrected chi connectivity index (χ0v) is 17.4. The highest BCUT2D eigenvalue weighted by molar-refractivity contribution is 5.87. The van der Waals surface area contributed by atoms with Gasteiger partial charge < -0.3 is 19.0 Å². The van der Waals surface area contributed by atoms with E-state index in [1.54, 1.807) is 31.2 Å². The molecule has 7 heteroatoms. The number of carbonyl (C=O) groups excluding carboxylic acids is 1. The van der Waals surface area contributed by atoms with Gasteiger partial charge in [0.2, 0.25) is 0 Å². The van der Waals surface area contributed by atoms with Gasteiger partial charge in [-0.15, -0.1) is 0 Å². The van der Waals surface area contributed by atoms with Crippen molar-refractivity contribution in [3.63, 3.8) is 0 Å². The van der Waals surface area contributed by atoms with Crippen LogP contribution in [0.25, 0.3) is 16.5 Å². The largest absolute Gasteiger partial charge is 0.515 e. The highest BCUT2D eigenvalue weighted by Gasteiger charge is 2.22. The molecule has 0 atom stereocenters. The first kappa shape index (κ1) is 22.3. The van der Waals surface area contributed by atoms with Crippen LogP contribution in [0.2, 0.25) is 0 Å². The Balaban J connectivity index is 2.10. The molecule has 162 valence electrons. The van der Waals surface area contributed by atoms with Crippen molar-refractivity contribution in [3.8, 4) is 0 Å². The maximum atomic E-state index is 12.7. The molecule has 1 aromatic carbocycles. The van der Waals surface area contributed by atoms with E-state index in [0.717, 1.165) is 11.6 Å². The maximum Gasteiger partial charge on any atom is 0.344 e. The van der Waals surface area contributed by atoms with Crippen molar-refractivity contribution in [1.29, 1.82) is 0 Å². The first-order valence-electron chi connectivity index (χ1n) is 9.93. The number of morpholine rings is 1. The average Bonchev–Trinajstić information content (AvgIpc) is 2.80. The van der Waals surface area contributed by atoms with Crippen molar-refractivity contribution < 1.29 is 23.8 Å². The van der Waals surface area contributed by atoms with Crippen molar-refractivity contribution in [2.24, 2.45) is 0 Å². The van der Waals surface area contributed by atoms with Crippen LogP contribution in [0.15, 0.2) is 81.4 Å². The van der Waals surface area contributed by atoms with Gasteiger partial charge in [-0.2, -0.15) is 0 Å². The summed E-state index contributed by atoms with van der Waals surface area (Å²) in [5.74, 6) is 0.125. The van der Waals surface area contributed by atoms with E-state index < -0.39 is 5.63 Å². The van der Waals surface area contributed by atoms with Crippen LogP contribution in [0.1, 0.15) is 12.5 Å². The van der Waals surface area contributed by atoms with E-state index in [9.17, 15) is 14.7 Å². The van der Waals surface area contributed by atoms with E-state index >= 15 is 0 Å². The van der Waals surface area contributed by atoms with Crippen LogP contribution >= 0.6 is 0 Å². The summed E-state index contributed by atoms with van der Waals surface area (Å²) in [4.78, 5) is 26.1. The zero-order valence-electron chi connectivity index (χ0n) is 17.4. The molecule has 1 N–H and O–H groups in total. The summed E-state index contributed by atoms with van der Waals surface area (Å²) in [7, 11) is 0. The van der Waals surface area contributed by atoms with Gasteiger partial charge in [-0.3, -0.25) is 9.69 Å². The number of benzene rings is 1. The fourth-order valence-electron chi connectivity index (χ4n) is 3.56. The number of hydrogen-bond acceptors (Lipinski definition) is 7. The first-order valence-corrected chi connectivity index (χ1v) is 9.93. The molecule has 0 aliphatic carbocycles. The van der Waals surface area contributed by atoms with Crippen LogP contribution in [0.4, 0.5) is 0 Å². The number of nitrogens with zero attached hydrogens (tertiary/aromatic N) is 1. The molecule has 1 fully saturated rings. The minimum atomic E-state index is -0.528. The topological polar surface area (TPSA) is 89.2 Å². The van der Waals surface area contributed by atoms with Gasteiger partial charge in [-0.1, -0.05) is 36.9 Å². The second kappa shape index (κ2) is 10.6. The summed E-state index contributed by atoms with van der Waals surface area (Å²) in [6.45, 7) is 8.76. The van der Waals surface area contributed by atoms with Crippen LogP contribution in [0.3, 0.4) is 0 Å². The van der Waals surface area contributed by atoms with E-state index in [1.165, 1.54) is 6.08 Å².